The van der Waals surface area contributed by atoms with Gasteiger partial charge in [0, 0.05) is 25.5 Å². The Kier molecular flexibility index (Phi) is 4.35. The Morgan fingerprint density at radius 1 is 1.35 bits per heavy atom. The van der Waals surface area contributed by atoms with Gasteiger partial charge in [0.15, 0.2) is 0 Å². The Morgan fingerprint density at radius 3 is 2.70 bits per heavy atom. The smallest absolute Gasteiger partial charge is 0.257 e. The summed E-state index contributed by atoms with van der Waals surface area (Å²) in [5.41, 5.74) is 1.07. The molecule has 1 aromatic heterocycles. The summed E-state index contributed by atoms with van der Waals surface area (Å²) in [6.45, 7) is 4.45. The fraction of sp³-hybridized carbons (Fsp3) is 0.188. The molecule has 1 heterocycles. The van der Waals surface area contributed by atoms with Crippen molar-refractivity contribution in [1.29, 1.82) is 0 Å². The maximum Gasteiger partial charge on any atom is 0.257 e. The number of hydrogen-bond donors (Lipinski definition) is 0. The molecule has 20 heavy (non-hydrogen) atoms. The average molecular weight is 272 g/mol. The van der Waals surface area contributed by atoms with E-state index in [0.717, 1.165) is 5.69 Å². The summed E-state index contributed by atoms with van der Waals surface area (Å²) < 4.78 is 15.7. The van der Waals surface area contributed by atoms with Crippen molar-refractivity contribution in [2.75, 3.05) is 6.54 Å². The highest BCUT2D eigenvalue weighted by atomic mass is 19.1. The highest BCUT2D eigenvalue weighted by Crippen LogP contribution is 2.13. The molecule has 0 bridgehead atoms. The van der Waals surface area contributed by atoms with Gasteiger partial charge in [0.25, 0.3) is 5.91 Å². The number of carbonyl (C=O) groups excluding carboxylic acids is 1. The second kappa shape index (κ2) is 6.19. The zero-order valence-electron chi connectivity index (χ0n) is 11.4. The number of halogens is 1. The lowest BCUT2D eigenvalue weighted by molar-refractivity contribution is 0.0755. The first-order valence-electron chi connectivity index (χ1n) is 6.38. The van der Waals surface area contributed by atoms with Gasteiger partial charge in [-0.1, -0.05) is 18.2 Å². The van der Waals surface area contributed by atoms with Crippen LogP contribution in [0.15, 0.2) is 55.3 Å². The maximum atomic E-state index is 13.7. The van der Waals surface area contributed by atoms with E-state index in [4.69, 9.17) is 0 Å². The largest absolute Gasteiger partial charge is 0.353 e. The van der Waals surface area contributed by atoms with Gasteiger partial charge in [-0.15, -0.1) is 6.58 Å². The number of benzene rings is 1. The highest BCUT2D eigenvalue weighted by molar-refractivity contribution is 5.94. The third-order valence-corrected chi connectivity index (χ3v) is 3.15. The molecule has 4 heteroatoms. The van der Waals surface area contributed by atoms with Gasteiger partial charge in [-0.2, -0.15) is 0 Å². The van der Waals surface area contributed by atoms with E-state index in [1.54, 1.807) is 23.1 Å². The summed E-state index contributed by atoms with van der Waals surface area (Å²) in [4.78, 5) is 14.0. The van der Waals surface area contributed by atoms with Crippen LogP contribution in [0.2, 0.25) is 0 Å². The normalized spacial score (nSPS) is 10.3. The fourth-order valence-corrected chi connectivity index (χ4v) is 2.04. The maximum absolute atomic E-state index is 13.7. The lowest BCUT2D eigenvalue weighted by Gasteiger charge is -2.21. The summed E-state index contributed by atoms with van der Waals surface area (Å²) in [6, 6.07) is 9.87. The molecular formula is C16H17FN2O. The van der Waals surface area contributed by atoms with Gasteiger partial charge in [-0.05, 0) is 24.3 Å². The first-order valence-corrected chi connectivity index (χ1v) is 6.38. The van der Waals surface area contributed by atoms with E-state index in [0.29, 0.717) is 13.1 Å². The number of aromatic nitrogens is 1. The van der Waals surface area contributed by atoms with E-state index < -0.39 is 5.82 Å². The molecule has 2 aromatic rings. The standard InChI is InChI=1S/C16H17FN2O/c1-3-10-19(12-13-7-6-11-18(13)2)16(20)14-8-4-5-9-15(14)17/h3-9,11H,1,10,12H2,2H3. The lowest BCUT2D eigenvalue weighted by atomic mass is 10.2. The molecule has 0 saturated carbocycles. The van der Waals surface area contributed by atoms with Crippen LogP contribution in [0.25, 0.3) is 0 Å². The molecule has 3 nitrogen and oxygen atoms in total. The number of hydrogen-bond acceptors (Lipinski definition) is 1. The Morgan fingerprint density at radius 2 is 2.10 bits per heavy atom. The van der Waals surface area contributed by atoms with E-state index in [-0.39, 0.29) is 11.5 Å². The van der Waals surface area contributed by atoms with Crippen LogP contribution in [0.5, 0.6) is 0 Å². The quantitative estimate of drug-likeness (QED) is 0.768. The van der Waals surface area contributed by atoms with Crippen molar-refractivity contribution < 1.29 is 9.18 Å². The number of nitrogens with zero attached hydrogens (tertiary/aromatic N) is 2. The summed E-state index contributed by atoms with van der Waals surface area (Å²) in [5.74, 6) is -0.831. The molecule has 0 saturated heterocycles. The Balaban J connectivity index is 2.24. The van der Waals surface area contributed by atoms with Crippen molar-refractivity contribution in [2.24, 2.45) is 7.05 Å². The predicted molar refractivity (Wildman–Crippen MR) is 76.8 cm³/mol. The second-order valence-electron chi connectivity index (χ2n) is 4.56. The van der Waals surface area contributed by atoms with Crippen LogP contribution in [0, 0.1) is 5.82 Å². The lowest BCUT2D eigenvalue weighted by Crippen LogP contribution is -2.32. The topological polar surface area (TPSA) is 25.2 Å². The molecule has 1 amide bonds. The third-order valence-electron chi connectivity index (χ3n) is 3.15. The van der Waals surface area contributed by atoms with E-state index in [1.165, 1.54) is 12.1 Å². The molecule has 0 aliphatic rings. The van der Waals surface area contributed by atoms with Gasteiger partial charge in [-0.25, -0.2) is 4.39 Å². The monoisotopic (exact) mass is 272 g/mol. The zero-order chi connectivity index (χ0) is 14.5. The van der Waals surface area contributed by atoms with Gasteiger partial charge in [0.1, 0.15) is 5.82 Å². The number of rotatable bonds is 5. The van der Waals surface area contributed by atoms with Crippen molar-refractivity contribution in [1.82, 2.24) is 9.47 Å². The van der Waals surface area contributed by atoms with Crippen molar-refractivity contribution >= 4 is 5.91 Å². The van der Waals surface area contributed by atoms with Crippen molar-refractivity contribution in [3.63, 3.8) is 0 Å². The van der Waals surface area contributed by atoms with Crippen LogP contribution in [-0.4, -0.2) is 21.9 Å². The van der Waals surface area contributed by atoms with Crippen LogP contribution in [0.1, 0.15) is 16.1 Å². The van der Waals surface area contributed by atoms with Gasteiger partial charge >= 0.3 is 0 Å². The summed E-state index contributed by atoms with van der Waals surface area (Å²) >= 11 is 0. The van der Waals surface area contributed by atoms with Crippen LogP contribution < -0.4 is 0 Å². The minimum Gasteiger partial charge on any atom is -0.353 e. The molecule has 0 aliphatic heterocycles. The molecule has 0 spiro atoms. The van der Waals surface area contributed by atoms with E-state index in [1.807, 2.05) is 29.9 Å². The highest BCUT2D eigenvalue weighted by Gasteiger charge is 2.18. The van der Waals surface area contributed by atoms with E-state index >= 15 is 0 Å². The van der Waals surface area contributed by atoms with Gasteiger partial charge < -0.3 is 9.47 Å². The predicted octanol–water partition coefficient (Wildman–Crippen LogP) is 2.99. The van der Waals surface area contributed by atoms with Gasteiger partial charge in [0.2, 0.25) is 0 Å². The van der Waals surface area contributed by atoms with Gasteiger partial charge in [0.05, 0.1) is 12.1 Å². The molecule has 0 radical (unpaired) electrons. The molecule has 0 unspecified atom stereocenters. The van der Waals surface area contributed by atoms with Crippen LogP contribution in [-0.2, 0) is 13.6 Å². The van der Waals surface area contributed by atoms with Crippen molar-refractivity contribution in [2.45, 2.75) is 6.54 Å². The number of aryl methyl sites for hydroxylation is 1. The van der Waals surface area contributed by atoms with Crippen LogP contribution in [0.4, 0.5) is 4.39 Å². The first kappa shape index (κ1) is 14.1. The molecule has 2 rings (SSSR count). The van der Waals surface area contributed by atoms with E-state index in [9.17, 15) is 9.18 Å². The van der Waals surface area contributed by atoms with Crippen LogP contribution >= 0.6 is 0 Å². The molecule has 0 atom stereocenters. The molecule has 0 aliphatic carbocycles. The second-order valence-corrected chi connectivity index (χ2v) is 4.56. The molecule has 0 N–H and O–H groups in total. The summed E-state index contributed by atoms with van der Waals surface area (Å²) in [6.07, 6.45) is 3.55. The third kappa shape index (κ3) is 2.96. The van der Waals surface area contributed by atoms with Crippen molar-refractivity contribution in [3.8, 4) is 0 Å². The molecular weight excluding hydrogens is 255 g/mol. The van der Waals surface area contributed by atoms with E-state index in [2.05, 4.69) is 6.58 Å². The first-order chi connectivity index (χ1) is 9.63. The summed E-state index contributed by atoms with van der Waals surface area (Å²) in [5, 5.41) is 0. The average Bonchev–Trinajstić information content (AvgIpc) is 2.84. The minimum atomic E-state index is -0.501. The Hall–Kier alpha value is -2.36. The number of amides is 1. The minimum absolute atomic E-state index is 0.0866. The molecule has 0 fully saturated rings. The van der Waals surface area contributed by atoms with Crippen molar-refractivity contribution in [3.05, 3.63) is 72.3 Å². The Labute approximate surface area is 117 Å². The molecule has 104 valence electrons. The van der Waals surface area contributed by atoms with Crippen LogP contribution in [0.3, 0.4) is 0 Å². The Bertz CT molecular complexity index is 618. The number of carbonyl (C=O) groups is 1. The summed E-state index contributed by atoms with van der Waals surface area (Å²) in [7, 11) is 1.91. The van der Waals surface area contributed by atoms with Gasteiger partial charge in [-0.3, -0.25) is 4.79 Å². The SMILES string of the molecule is C=CCN(Cc1cccn1C)C(=O)c1ccccc1F. The fourth-order valence-electron chi connectivity index (χ4n) is 2.04. The molecule has 1 aromatic carbocycles. The zero-order valence-corrected chi connectivity index (χ0v) is 11.4.